The summed E-state index contributed by atoms with van der Waals surface area (Å²) >= 11 is 0. The van der Waals surface area contributed by atoms with Crippen molar-refractivity contribution >= 4 is 23.0 Å². The molecule has 4 aliphatic rings. The van der Waals surface area contributed by atoms with Crippen LogP contribution in [0.15, 0.2) is 47.4 Å². The quantitative estimate of drug-likeness (QED) is 0.376. The second-order valence-electron chi connectivity index (χ2n) is 11.0. The molecule has 5 N–H and O–H groups in total. The van der Waals surface area contributed by atoms with E-state index in [-0.39, 0.29) is 17.5 Å². The topological polar surface area (TPSA) is 143 Å². The maximum atomic E-state index is 12.2. The van der Waals surface area contributed by atoms with Crippen molar-refractivity contribution in [1.82, 2.24) is 9.97 Å². The number of anilines is 4. The molecule has 0 unspecified atom stereocenters. The second-order valence-corrected chi connectivity index (χ2v) is 11.0. The highest BCUT2D eigenvalue weighted by atomic mass is 16.1. The van der Waals surface area contributed by atoms with Gasteiger partial charge in [-0.25, -0.2) is 4.98 Å². The molecule has 4 saturated carbocycles. The molecule has 2 aromatic heterocycles. The highest BCUT2D eigenvalue weighted by molar-refractivity contribution is 5.74. The molecule has 0 amide bonds. The van der Waals surface area contributed by atoms with Gasteiger partial charge in [0.1, 0.15) is 23.3 Å². The van der Waals surface area contributed by atoms with Gasteiger partial charge >= 0.3 is 0 Å². The first-order chi connectivity index (χ1) is 17.9. The lowest BCUT2D eigenvalue weighted by atomic mass is 9.53. The minimum atomic E-state index is -0.252. The van der Waals surface area contributed by atoms with E-state index >= 15 is 0 Å². The molecule has 1 aromatic carbocycles. The average Bonchev–Trinajstić information content (AvgIpc) is 2.85. The maximum Gasteiger partial charge on any atom is 0.252 e. The Balaban J connectivity index is 1.26. The van der Waals surface area contributed by atoms with Crippen molar-refractivity contribution in [3.63, 3.8) is 0 Å². The van der Waals surface area contributed by atoms with Gasteiger partial charge in [-0.05, 0) is 85.6 Å². The second kappa shape index (κ2) is 8.97. The van der Waals surface area contributed by atoms with Crippen molar-refractivity contribution in [2.24, 2.45) is 17.8 Å². The summed E-state index contributed by atoms with van der Waals surface area (Å²) < 4.78 is 0. The monoisotopic (exact) mass is 491 g/mol. The van der Waals surface area contributed by atoms with E-state index in [0.717, 1.165) is 53.8 Å². The molecule has 3 aromatic rings. The number of hydrogen-bond acceptors (Lipinski definition) is 7. The third kappa shape index (κ3) is 4.29. The molecule has 8 heteroatoms. The Morgan fingerprint density at radius 3 is 2.35 bits per heavy atom. The molecule has 0 radical (unpaired) electrons. The van der Waals surface area contributed by atoms with E-state index in [4.69, 9.17) is 16.0 Å². The van der Waals surface area contributed by atoms with Gasteiger partial charge in [-0.15, -0.1) is 0 Å². The Morgan fingerprint density at radius 2 is 1.73 bits per heavy atom. The summed E-state index contributed by atoms with van der Waals surface area (Å²) in [5.74, 6) is 3.45. The molecule has 4 bridgehead atoms. The number of H-pyrrole nitrogens is 1. The van der Waals surface area contributed by atoms with Gasteiger partial charge in [-0.1, -0.05) is 12.1 Å². The predicted octanol–water partition coefficient (Wildman–Crippen LogP) is 5.08. The summed E-state index contributed by atoms with van der Waals surface area (Å²) in [6.45, 7) is 0. The fourth-order valence-electron chi connectivity index (χ4n) is 7.27. The largest absolute Gasteiger partial charge is 0.397 e. The van der Waals surface area contributed by atoms with Crippen molar-refractivity contribution < 1.29 is 0 Å². The van der Waals surface area contributed by atoms with Crippen LogP contribution >= 0.6 is 0 Å². The summed E-state index contributed by atoms with van der Waals surface area (Å²) in [4.78, 5) is 19.6. The summed E-state index contributed by atoms with van der Waals surface area (Å²) in [5.41, 5.74) is 9.70. The molecule has 0 spiro atoms. The fraction of sp³-hybridized carbons (Fsp3) is 0.379. The van der Waals surface area contributed by atoms with Crippen molar-refractivity contribution in [3.05, 3.63) is 64.1 Å². The van der Waals surface area contributed by atoms with E-state index < -0.39 is 0 Å². The minimum Gasteiger partial charge on any atom is -0.397 e. The van der Waals surface area contributed by atoms with Crippen LogP contribution in [0.4, 0.5) is 23.0 Å². The number of pyridine rings is 2. The molecule has 8 nitrogen and oxygen atoms in total. The molecule has 0 aliphatic heterocycles. The van der Waals surface area contributed by atoms with Gasteiger partial charge in [0.2, 0.25) is 0 Å². The van der Waals surface area contributed by atoms with Gasteiger partial charge in [-0.2, -0.15) is 10.5 Å². The minimum absolute atomic E-state index is 0.00865. The van der Waals surface area contributed by atoms with E-state index in [1.54, 1.807) is 12.3 Å². The molecule has 186 valence electrons. The number of hydrogen-bond donors (Lipinski definition) is 4. The van der Waals surface area contributed by atoms with E-state index in [9.17, 15) is 10.1 Å². The zero-order valence-electron chi connectivity index (χ0n) is 20.6. The van der Waals surface area contributed by atoms with Gasteiger partial charge < -0.3 is 21.4 Å². The average molecular weight is 492 g/mol. The molecule has 7 rings (SSSR count). The number of nitriles is 2. The van der Waals surface area contributed by atoms with Crippen LogP contribution in [-0.4, -0.2) is 15.5 Å². The van der Waals surface area contributed by atoms with Crippen LogP contribution in [0.2, 0.25) is 0 Å². The molecular formula is C29H29N7O. The number of nitrogens with zero attached hydrogens (tertiary/aromatic N) is 3. The maximum absolute atomic E-state index is 12.2. The third-order valence-corrected chi connectivity index (χ3v) is 8.37. The lowest BCUT2D eigenvalue weighted by Crippen LogP contribution is -2.55. The number of nitrogens with one attached hydrogen (secondary N) is 3. The van der Waals surface area contributed by atoms with Crippen LogP contribution in [0.3, 0.4) is 0 Å². The Hall–Kier alpha value is -4.30. The zero-order valence-corrected chi connectivity index (χ0v) is 20.6. The predicted molar refractivity (Wildman–Crippen MR) is 143 cm³/mol. The van der Waals surface area contributed by atoms with Crippen molar-refractivity contribution in [2.75, 3.05) is 16.4 Å². The molecule has 2 heterocycles. The Labute approximate surface area is 215 Å². The van der Waals surface area contributed by atoms with Crippen LogP contribution in [-0.2, 0) is 6.42 Å². The number of benzene rings is 1. The Morgan fingerprint density at radius 1 is 1.05 bits per heavy atom. The van der Waals surface area contributed by atoms with Crippen LogP contribution < -0.4 is 21.9 Å². The third-order valence-electron chi connectivity index (χ3n) is 8.37. The highest BCUT2D eigenvalue weighted by Crippen LogP contribution is 2.56. The first kappa shape index (κ1) is 23.1. The number of aromatic nitrogens is 2. The van der Waals surface area contributed by atoms with E-state index in [1.165, 1.54) is 19.3 Å². The van der Waals surface area contributed by atoms with Crippen LogP contribution in [0.25, 0.3) is 11.1 Å². The molecule has 4 aliphatic carbocycles. The Bertz CT molecular complexity index is 1460. The van der Waals surface area contributed by atoms with Crippen LogP contribution in [0.1, 0.15) is 49.7 Å². The SMILES string of the molecule is N#CCc1c(-c2ccc(Nc3cc(N)c(C#N)c(NC45CC6CC(CC(C6)C4)C5)n3)cc2)cc[nH]c1=O. The van der Waals surface area contributed by atoms with Crippen LogP contribution in [0, 0.1) is 40.4 Å². The summed E-state index contributed by atoms with van der Waals surface area (Å²) in [6.07, 6.45) is 9.08. The van der Waals surface area contributed by atoms with Gasteiger partial charge in [0.25, 0.3) is 5.56 Å². The molecule has 0 saturated heterocycles. The first-order valence-electron chi connectivity index (χ1n) is 12.9. The highest BCUT2D eigenvalue weighted by Gasteiger charge is 2.51. The summed E-state index contributed by atoms with van der Waals surface area (Å²) in [7, 11) is 0. The summed E-state index contributed by atoms with van der Waals surface area (Å²) in [6, 6.07) is 15.4. The van der Waals surface area contributed by atoms with Crippen molar-refractivity contribution in [2.45, 2.75) is 50.5 Å². The molecule has 4 fully saturated rings. The van der Waals surface area contributed by atoms with Gasteiger partial charge in [0, 0.05) is 29.1 Å². The fourth-order valence-corrected chi connectivity index (χ4v) is 7.27. The summed E-state index contributed by atoms with van der Waals surface area (Å²) in [5, 5.41) is 26.0. The molecular weight excluding hydrogens is 462 g/mol. The Kier molecular flexibility index (Phi) is 5.61. The standard InChI is InChI=1S/C29H29N7O/c30-7-5-23-22(6-8-33-28(23)37)20-1-3-21(4-2-20)34-26-12-25(32)24(16-31)27(35-26)36-29-13-17-9-18(14-29)11-19(10-17)15-29/h1-4,6,8,12,17-19H,5,9-11,13-15H2,(H,33,37)(H4,32,34,35,36). The van der Waals surface area contributed by atoms with E-state index in [2.05, 4.69) is 27.8 Å². The van der Waals surface area contributed by atoms with Crippen molar-refractivity contribution in [1.29, 1.82) is 10.5 Å². The van der Waals surface area contributed by atoms with Gasteiger partial charge in [-0.3, -0.25) is 4.79 Å². The number of aromatic amines is 1. The lowest BCUT2D eigenvalue weighted by molar-refractivity contribution is 0.0105. The van der Waals surface area contributed by atoms with E-state index in [1.807, 2.05) is 30.3 Å². The van der Waals surface area contributed by atoms with Crippen molar-refractivity contribution in [3.8, 4) is 23.3 Å². The van der Waals surface area contributed by atoms with Crippen LogP contribution in [0.5, 0.6) is 0 Å². The zero-order chi connectivity index (χ0) is 25.6. The molecule has 37 heavy (non-hydrogen) atoms. The number of nitrogens with two attached hydrogens (primary N) is 1. The van der Waals surface area contributed by atoms with Gasteiger partial charge in [0.05, 0.1) is 18.2 Å². The smallest absolute Gasteiger partial charge is 0.252 e. The normalized spacial score (nSPS) is 25.3. The lowest BCUT2D eigenvalue weighted by Gasteiger charge is -2.57. The molecule has 0 atom stereocenters. The number of nitrogen functional groups attached to an aromatic ring is 1. The first-order valence-corrected chi connectivity index (χ1v) is 12.9. The number of rotatable bonds is 6. The van der Waals surface area contributed by atoms with Gasteiger partial charge in [0.15, 0.2) is 0 Å². The van der Waals surface area contributed by atoms with E-state index in [0.29, 0.717) is 28.5 Å².